The lowest BCUT2D eigenvalue weighted by atomic mass is 10.0. The summed E-state index contributed by atoms with van der Waals surface area (Å²) < 4.78 is 0. The van der Waals surface area contributed by atoms with Crippen LogP contribution in [-0.4, -0.2) is 19.1 Å². The van der Waals surface area contributed by atoms with Gasteiger partial charge in [0.15, 0.2) is 0 Å². The van der Waals surface area contributed by atoms with Crippen LogP contribution < -0.4 is 11.1 Å². The topological polar surface area (TPSA) is 38.0 Å². The first-order valence-corrected chi connectivity index (χ1v) is 5.27. The molecule has 0 saturated heterocycles. The van der Waals surface area contributed by atoms with Gasteiger partial charge in [-0.05, 0) is 30.2 Å². The van der Waals surface area contributed by atoms with Gasteiger partial charge in [-0.1, -0.05) is 27.7 Å². The van der Waals surface area contributed by atoms with Gasteiger partial charge in [-0.25, -0.2) is 0 Å². The van der Waals surface area contributed by atoms with Gasteiger partial charge < -0.3 is 11.1 Å². The minimum Gasteiger partial charge on any atom is -0.329 e. The maximum absolute atomic E-state index is 5.55. The normalized spacial score (nSPS) is 27.2. The standard InChI is InChI=1S/C11H24N2/c1-8(6-12)13-7-9-10(2,3)11(9,4)5/h8-9,13H,6-7,12H2,1-5H3/t8-/m0/s1. The minimum absolute atomic E-state index is 0.451. The van der Waals surface area contributed by atoms with Crippen molar-refractivity contribution in [3.63, 3.8) is 0 Å². The molecule has 13 heavy (non-hydrogen) atoms. The van der Waals surface area contributed by atoms with Crippen molar-refractivity contribution in [1.29, 1.82) is 0 Å². The molecular formula is C11H24N2. The van der Waals surface area contributed by atoms with Crippen LogP contribution in [0.15, 0.2) is 0 Å². The molecule has 0 heterocycles. The first kappa shape index (κ1) is 11.0. The molecule has 0 radical (unpaired) electrons. The van der Waals surface area contributed by atoms with Crippen LogP contribution in [0.5, 0.6) is 0 Å². The predicted molar refractivity (Wildman–Crippen MR) is 57.6 cm³/mol. The summed E-state index contributed by atoms with van der Waals surface area (Å²) in [4.78, 5) is 0. The zero-order valence-electron chi connectivity index (χ0n) is 9.65. The summed E-state index contributed by atoms with van der Waals surface area (Å²) in [6, 6.07) is 0.451. The highest BCUT2D eigenvalue weighted by molar-refractivity contribution is 5.12. The summed E-state index contributed by atoms with van der Waals surface area (Å²) in [5.74, 6) is 0.800. The molecular weight excluding hydrogens is 160 g/mol. The molecule has 2 nitrogen and oxygen atoms in total. The van der Waals surface area contributed by atoms with E-state index >= 15 is 0 Å². The van der Waals surface area contributed by atoms with Crippen molar-refractivity contribution in [2.24, 2.45) is 22.5 Å². The Morgan fingerprint density at radius 2 is 1.69 bits per heavy atom. The van der Waals surface area contributed by atoms with Crippen LogP contribution in [0.2, 0.25) is 0 Å². The maximum atomic E-state index is 5.55. The molecule has 0 aromatic heterocycles. The van der Waals surface area contributed by atoms with Gasteiger partial charge >= 0.3 is 0 Å². The second kappa shape index (κ2) is 3.25. The van der Waals surface area contributed by atoms with Gasteiger partial charge in [0.2, 0.25) is 0 Å². The Balaban J connectivity index is 2.34. The molecule has 2 heteroatoms. The average Bonchev–Trinajstić information content (AvgIpc) is 2.40. The van der Waals surface area contributed by atoms with E-state index < -0.39 is 0 Å². The lowest BCUT2D eigenvalue weighted by Gasteiger charge is -2.11. The van der Waals surface area contributed by atoms with Crippen molar-refractivity contribution >= 4 is 0 Å². The molecule has 1 aliphatic rings. The highest BCUT2D eigenvalue weighted by atomic mass is 15.0. The minimum atomic E-state index is 0.451. The van der Waals surface area contributed by atoms with E-state index in [2.05, 4.69) is 39.9 Å². The lowest BCUT2D eigenvalue weighted by Crippen LogP contribution is -2.35. The third-order valence-electron chi connectivity index (χ3n) is 4.34. The van der Waals surface area contributed by atoms with E-state index in [0.29, 0.717) is 16.9 Å². The van der Waals surface area contributed by atoms with Gasteiger partial charge in [-0.3, -0.25) is 0 Å². The fourth-order valence-corrected chi connectivity index (χ4v) is 2.25. The summed E-state index contributed by atoms with van der Waals surface area (Å²) in [7, 11) is 0. The van der Waals surface area contributed by atoms with Crippen LogP contribution in [0.1, 0.15) is 34.6 Å². The van der Waals surface area contributed by atoms with Gasteiger partial charge in [0.1, 0.15) is 0 Å². The van der Waals surface area contributed by atoms with Crippen LogP contribution in [0, 0.1) is 16.7 Å². The second-order valence-corrected chi connectivity index (χ2v) is 5.54. The first-order valence-electron chi connectivity index (χ1n) is 5.27. The van der Waals surface area contributed by atoms with Gasteiger partial charge in [0.25, 0.3) is 0 Å². The lowest BCUT2D eigenvalue weighted by molar-refractivity contribution is 0.457. The molecule has 0 aromatic rings. The smallest absolute Gasteiger partial charge is 0.0162 e. The monoisotopic (exact) mass is 184 g/mol. The van der Waals surface area contributed by atoms with Crippen molar-refractivity contribution in [2.75, 3.05) is 13.1 Å². The Labute approximate surface area is 82.3 Å². The average molecular weight is 184 g/mol. The van der Waals surface area contributed by atoms with Crippen LogP contribution in [0.25, 0.3) is 0 Å². The molecule has 0 bridgehead atoms. The molecule has 78 valence electrons. The molecule has 1 fully saturated rings. The SMILES string of the molecule is C[C@@H](CN)NCC1C(C)(C)C1(C)C. The van der Waals surface area contributed by atoms with E-state index in [1.54, 1.807) is 0 Å². The Bertz CT molecular complexity index is 171. The molecule has 1 saturated carbocycles. The van der Waals surface area contributed by atoms with E-state index in [0.717, 1.165) is 19.0 Å². The molecule has 0 aliphatic heterocycles. The van der Waals surface area contributed by atoms with Crippen molar-refractivity contribution in [3.05, 3.63) is 0 Å². The Morgan fingerprint density at radius 1 is 1.23 bits per heavy atom. The highest BCUT2D eigenvalue weighted by Crippen LogP contribution is 2.67. The van der Waals surface area contributed by atoms with E-state index in [4.69, 9.17) is 5.73 Å². The van der Waals surface area contributed by atoms with E-state index in [1.165, 1.54) is 0 Å². The largest absolute Gasteiger partial charge is 0.329 e. The summed E-state index contributed by atoms with van der Waals surface area (Å²) in [5, 5.41) is 3.48. The van der Waals surface area contributed by atoms with Crippen LogP contribution >= 0.6 is 0 Å². The fourth-order valence-electron chi connectivity index (χ4n) is 2.25. The Morgan fingerprint density at radius 3 is 2.00 bits per heavy atom. The second-order valence-electron chi connectivity index (χ2n) is 5.54. The quantitative estimate of drug-likeness (QED) is 0.696. The number of hydrogen-bond acceptors (Lipinski definition) is 2. The van der Waals surface area contributed by atoms with Crippen molar-refractivity contribution < 1.29 is 0 Å². The highest BCUT2D eigenvalue weighted by Gasteiger charge is 2.63. The van der Waals surface area contributed by atoms with Crippen LogP contribution in [-0.2, 0) is 0 Å². The molecule has 3 N–H and O–H groups in total. The summed E-state index contributed by atoms with van der Waals surface area (Å²) in [6.45, 7) is 13.4. The first-order chi connectivity index (χ1) is 5.84. The van der Waals surface area contributed by atoms with Crippen molar-refractivity contribution in [1.82, 2.24) is 5.32 Å². The third-order valence-corrected chi connectivity index (χ3v) is 4.34. The molecule has 0 unspecified atom stereocenters. The van der Waals surface area contributed by atoms with E-state index in [1.807, 2.05) is 0 Å². The third kappa shape index (κ3) is 1.75. The number of nitrogens with one attached hydrogen (secondary N) is 1. The maximum Gasteiger partial charge on any atom is 0.0162 e. The fraction of sp³-hybridized carbons (Fsp3) is 1.00. The van der Waals surface area contributed by atoms with E-state index in [-0.39, 0.29) is 0 Å². The zero-order chi connectivity index (χ0) is 10.3. The molecule has 1 rings (SSSR count). The molecule has 0 spiro atoms. The number of rotatable bonds is 4. The Kier molecular flexibility index (Phi) is 2.75. The van der Waals surface area contributed by atoms with Gasteiger partial charge in [0.05, 0.1) is 0 Å². The van der Waals surface area contributed by atoms with Crippen molar-refractivity contribution in [3.8, 4) is 0 Å². The summed E-state index contributed by atoms with van der Waals surface area (Å²) >= 11 is 0. The zero-order valence-corrected chi connectivity index (χ0v) is 9.65. The van der Waals surface area contributed by atoms with Gasteiger partial charge in [0, 0.05) is 12.6 Å². The summed E-state index contributed by atoms with van der Waals surface area (Å²) in [5.41, 5.74) is 6.54. The van der Waals surface area contributed by atoms with Crippen LogP contribution in [0.4, 0.5) is 0 Å². The Hall–Kier alpha value is -0.0800. The number of nitrogens with two attached hydrogens (primary N) is 1. The summed E-state index contributed by atoms with van der Waals surface area (Å²) in [6.07, 6.45) is 0. The predicted octanol–water partition coefficient (Wildman–Crippen LogP) is 1.61. The molecule has 0 amide bonds. The van der Waals surface area contributed by atoms with E-state index in [9.17, 15) is 0 Å². The van der Waals surface area contributed by atoms with Crippen molar-refractivity contribution in [2.45, 2.75) is 40.7 Å². The molecule has 0 aromatic carbocycles. The van der Waals surface area contributed by atoms with Gasteiger partial charge in [-0.15, -0.1) is 0 Å². The number of hydrogen-bond donors (Lipinski definition) is 2. The molecule has 1 atom stereocenters. The van der Waals surface area contributed by atoms with Gasteiger partial charge in [-0.2, -0.15) is 0 Å². The van der Waals surface area contributed by atoms with Crippen LogP contribution in [0.3, 0.4) is 0 Å². The molecule has 1 aliphatic carbocycles.